The van der Waals surface area contributed by atoms with Gasteiger partial charge < -0.3 is 14.7 Å². The van der Waals surface area contributed by atoms with Gasteiger partial charge in [-0.05, 0) is 44.7 Å². The molecule has 4 heteroatoms. The summed E-state index contributed by atoms with van der Waals surface area (Å²) in [6, 6.07) is 4.07. The van der Waals surface area contributed by atoms with Crippen molar-refractivity contribution in [2.24, 2.45) is 0 Å². The van der Waals surface area contributed by atoms with E-state index in [1.54, 1.807) is 4.90 Å². The molecule has 1 heterocycles. The number of carbonyl (C=O) groups excluding carboxylic acids is 1. The molecule has 0 bridgehead atoms. The summed E-state index contributed by atoms with van der Waals surface area (Å²) in [5, 5.41) is 9.25. The van der Waals surface area contributed by atoms with Gasteiger partial charge >= 0.3 is 0 Å². The van der Waals surface area contributed by atoms with Gasteiger partial charge in [0.15, 0.2) is 6.61 Å². The lowest BCUT2D eigenvalue weighted by molar-refractivity contribution is -0.134. The van der Waals surface area contributed by atoms with Crippen LogP contribution in [0, 0.1) is 20.8 Å². The van der Waals surface area contributed by atoms with Crippen LogP contribution in [-0.2, 0) is 4.79 Å². The third-order valence-electron chi connectivity index (χ3n) is 3.85. The molecule has 1 aromatic carbocycles. The Hall–Kier alpha value is -1.55. The Morgan fingerprint density at radius 2 is 2.00 bits per heavy atom. The van der Waals surface area contributed by atoms with Gasteiger partial charge in [0.25, 0.3) is 5.91 Å². The first-order valence-corrected chi connectivity index (χ1v) is 7.14. The Balaban J connectivity index is 2.00. The number of benzene rings is 1. The van der Waals surface area contributed by atoms with Crippen LogP contribution in [0.25, 0.3) is 0 Å². The number of aliphatic hydroxyl groups excluding tert-OH is 1. The smallest absolute Gasteiger partial charge is 0.260 e. The van der Waals surface area contributed by atoms with E-state index in [1.807, 2.05) is 20.8 Å². The first-order chi connectivity index (χ1) is 9.52. The van der Waals surface area contributed by atoms with E-state index in [-0.39, 0.29) is 25.2 Å². The van der Waals surface area contributed by atoms with Crippen molar-refractivity contribution in [3.63, 3.8) is 0 Å². The molecule has 0 aromatic heterocycles. The number of rotatable bonds is 4. The summed E-state index contributed by atoms with van der Waals surface area (Å²) in [4.78, 5) is 13.9. The highest BCUT2D eigenvalue weighted by Gasteiger charge is 2.28. The third-order valence-corrected chi connectivity index (χ3v) is 3.85. The van der Waals surface area contributed by atoms with Gasteiger partial charge in [0.2, 0.25) is 0 Å². The molecule has 20 heavy (non-hydrogen) atoms. The highest BCUT2D eigenvalue weighted by atomic mass is 16.5. The van der Waals surface area contributed by atoms with Gasteiger partial charge in [-0.3, -0.25) is 4.79 Å². The molecular weight excluding hydrogens is 254 g/mol. The van der Waals surface area contributed by atoms with Crippen LogP contribution in [0.1, 0.15) is 29.5 Å². The van der Waals surface area contributed by atoms with Crippen molar-refractivity contribution < 1.29 is 14.6 Å². The van der Waals surface area contributed by atoms with Crippen molar-refractivity contribution in [2.45, 2.75) is 39.7 Å². The fourth-order valence-electron chi connectivity index (χ4n) is 2.97. The van der Waals surface area contributed by atoms with E-state index in [1.165, 1.54) is 5.56 Å². The second-order valence-electron chi connectivity index (χ2n) is 5.58. The van der Waals surface area contributed by atoms with Gasteiger partial charge in [-0.15, -0.1) is 0 Å². The minimum atomic E-state index is -0.0408. The summed E-state index contributed by atoms with van der Waals surface area (Å²) in [7, 11) is 0. The zero-order chi connectivity index (χ0) is 14.7. The average Bonchev–Trinajstić information content (AvgIpc) is 2.85. The molecule has 0 spiro atoms. The minimum absolute atomic E-state index is 0.0358. The largest absolute Gasteiger partial charge is 0.483 e. The maximum Gasteiger partial charge on any atom is 0.260 e. The molecule has 110 valence electrons. The molecule has 1 fully saturated rings. The zero-order valence-electron chi connectivity index (χ0n) is 12.5. The molecule has 1 unspecified atom stereocenters. The maximum atomic E-state index is 12.2. The van der Waals surface area contributed by atoms with Gasteiger partial charge in [-0.2, -0.15) is 0 Å². The third kappa shape index (κ3) is 3.12. The van der Waals surface area contributed by atoms with Gasteiger partial charge in [0.1, 0.15) is 5.75 Å². The molecule has 1 N–H and O–H groups in total. The zero-order valence-corrected chi connectivity index (χ0v) is 12.5. The Kier molecular flexibility index (Phi) is 4.65. The van der Waals surface area contributed by atoms with Crippen molar-refractivity contribution in [2.75, 3.05) is 19.8 Å². The Labute approximate surface area is 120 Å². The Bertz CT molecular complexity index is 475. The van der Waals surface area contributed by atoms with Crippen LogP contribution in [-0.4, -0.2) is 41.7 Å². The van der Waals surface area contributed by atoms with E-state index in [2.05, 4.69) is 12.1 Å². The molecule has 1 aromatic rings. The number of carbonyl (C=O) groups is 1. The van der Waals surface area contributed by atoms with Crippen LogP contribution in [0.4, 0.5) is 0 Å². The molecule has 1 atom stereocenters. The molecule has 1 amide bonds. The number of aryl methyl sites for hydroxylation is 3. The van der Waals surface area contributed by atoms with E-state index in [0.717, 1.165) is 36.3 Å². The average molecular weight is 277 g/mol. The van der Waals surface area contributed by atoms with E-state index >= 15 is 0 Å². The van der Waals surface area contributed by atoms with Crippen LogP contribution in [0.3, 0.4) is 0 Å². The molecule has 1 aliphatic rings. The quantitative estimate of drug-likeness (QED) is 0.915. The second kappa shape index (κ2) is 6.27. The lowest BCUT2D eigenvalue weighted by atomic mass is 10.1. The summed E-state index contributed by atoms with van der Waals surface area (Å²) in [5.74, 6) is 0.754. The number of ether oxygens (including phenoxy) is 1. The Morgan fingerprint density at radius 3 is 2.60 bits per heavy atom. The molecule has 1 saturated heterocycles. The first-order valence-electron chi connectivity index (χ1n) is 7.14. The molecule has 0 aliphatic carbocycles. The summed E-state index contributed by atoms with van der Waals surface area (Å²) in [5.41, 5.74) is 3.30. The van der Waals surface area contributed by atoms with Crippen molar-refractivity contribution in [3.8, 4) is 5.75 Å². The minimum Gasteiger partial charge on any atom is -0.483 e. The van der Waals surface area contributed by atoms with Gasteiger partial charge in [-0.1, -0.05) is 17.7 Å². The van der Waals surface area contributed by atoms with E-state index in [0.29, 0.717) is 0 Å². The van der Waals surface area contributed by atoms with E-state index in [4.69, 9.17) is 4.74 Å². The lowest BCUT2D eigenvalue weighted by Crippen LogP contribution is -2.40. The van der Waals surface area contributed by atoms with Gasteiger partial charge in [0, 0.05) is 6.54 Å². The lowest BCUT2D eigenvalue weighted by Gasteiger charge is -2.23. The predicted octanol–water partition coefficient (Wildman–Crippen LogP) is 1.97. The molecular formula is C16H23NO3. The first kappa shape index (κ1) is 14.9. The summed E-state index contributed by atoms with van der Waals surface area (Å²) >= 11 is 0. The van der Waals surface area contributed by atoms with Crippen LogP contribution < -0.4 is 4.74 Å². The summed E-state index contributed by atoms with van der Waals surface area (Å²) in [6.07, 6.45) is 1.84. The Morgan fingerprint density at radius 1 is 1.35 bits per heavy atom. The van der Waals surface area contributed by atoms with Crippen molar-refractivity contribution in [1.29, 1.82) is 0 Å². The molecule has 0 radical (unpaired) electrons. The number of amides is 1. The highest BCUT2D eigenvalue weighted by molar-refractivity contribution is 5.78. The number of nitrogens with zero attached hydrogens (tertiary/aromatic N) is 1. The summed E-state index contributed by atoms with van der Waals surface area (Å²) in [6.45, 7) is 6.83. The molecule has 4 nitrogen and oxygen atoms in total. The van der Waals surface area contributed by atoms with Gasteiger partial charge in [-0.25, -0.2) is 0 Å². The fourth-order valence-corrected chi connectivity index (χ4v) is 2.97. The van der Waals surface area contributed by atoms with Crippen LogP contribution >= 0.6 is 0 Å². The van der Waals surface area contributed by atoms with Crippen LogP contribution in [0.2, 0.25) is 0 Å². The van der Waals surface area contributed by atoms with E-state index < -0.39 is 0 Å². The number of likely N-dealkylation sites (tertiary alicyclic amines) is 1. The molecule has 0 saturated carbocycles. The van der Waals surface area contributed by atoms with Crippen molar-refractivity contribution in [3.05, 3.63) is 28.8 Å². The fraction of sp³-hybridized carbons (Fsp3) is 0.562. The standard InChI is InChI=1S/C16H23NO3/c1-11-7-12(2)16(13(3)8-11)20-10-15(19)17-6-4-5-14(17)9-18/h7-8,14,18H,4-6,9-10H2,1-3H3. The number of aliphatic hydroxyl groups is 1. The highest BCUT2D eigenvalue weighted by Crippen LogP contribution is 2.25. The molecule has 2 rings (SSSR count). The topological polar surface area (TPSA) is 49.8 Å². The van der Waals surface area contributed by atoms with E-state index in [9.17, 15) is 9.90 Å². The van der Waals surface area contributed by atoms with Crippen molar-refractivity contribution >= 4 is 5.91 Å². The molecule has 1 aliphatic heterocycles. The monoisotopic (exact) mass is 277 g/mol. The second-order valence-corrected chi connectivity index (χ2v) is 5.58. The van der Waals surface area contributed by atoms with Gasteiger partial charge in [0.05, 0.1) is 12.6 Å². The normalized spacial score (nSPS) is 18.4. The number of hydrogen-bond donors (Lipinski definition) is 1. The number of hydrogen-bond acceptors (Lipinski definition) is 3. The SMILES string of the molecule is Cc1cc(C)c(OCC(=O)N2CCCC2CO)c(C)c1. The summed E-state index contributed by atoms with van der Waals surface area (Å²) < 4.78 is 5.72. The predicted molar refractivity (Wildman–Crippen MR) is 78.0 cm³/mol. The van der Waals surface area contributed by atoms with Crippen LogP contribution in [0.5, 0.6) is 5.75 Å². The van der Waals surface area contributed by atoms with Crippen molar-refractivity contribution in [1.82, 2.24) is 4.90 Å². The maximum absolute atomic E-state index is 12.2. The van der Waals surface area contributed by atoms with Crippen LogP contribution in [0.15, 0.2) is 12.1 Å².